The Kier molecular flexibility index (Phi) is 2.74. The number of aliphatic hydroxyl groups excluding tert-OH is 1. The Balaban J connectivity index is 1.97. The number of likely N-dealkylation sites (tertiary alicyclic amines) is 1. The predicted molar refractivity (Wildman–Crippen MR) is 51.0 cm³/mol. The van der Waals surface area contributed by atoms with Gasteiger partial charge >= 0.3 is 5.97 Å². The molecule has 2 rings (SSSR count). The van der Waals surface area contributed by atoms with Gasteiger partial charge in [0.15, 0.2) is 0 Å². The van der Waals surface area contributed by atoms with Crippen LogP contribution in [0.15, 0.2) is 0 Å². The molecule has 1 heterocycles. The van der Waals surface area contributed by atoms with Crippen LogP contribution < -0.4 is 0 Å². The lowest BCUT2D eigenvalue weighted by Crippen LogP contribution is -2.52. The summed E-state index contributed by atoms with van der Waals surface area (Å²) in [6.45, 7) is 1.13. The monoisotopic (exact) mass is 199 g/mol. The van der Waals surface area contributed by atoms with Crippen molar-refractivity contribution in [1.82, 2.24) is 4.90 Å². The summed E-state index contributed by atoms with van der Waals surface area (Å²) in [6, 6.07) is 0.397. The number of hydrogen-bond acceptors (Lipinski definition) is 3. The van der Waals surface area contributed by atoms with E-state index in [9.17, 15) is 4.79 Å². The number of nitrogens with zero attached hydrogens (tertiary/aromatic N) is 1. The second-order valence-electron chi connectivity index (χ2n) is 4.31. The zero-order valence-corrected chi connectivity index (χ0v) is 8.22. The van der Waals surface area contributed by atoms with Crippen molar-refractivity contribution < 1.29 is 15.0 Å². The molecular weight excluding hydrogens is 182 g/mol. The van der Waals surface area contributed by atoms with Crippen LogP contribution >= 0.6 is 0 Å². The lowest BCUT2D eigenvalue weighted by molar-refractivity contribution is -0.149. The summed E-state index contributed by atoms with van der Waals surface area (Å²) in [7, 11) is 0. The van der Waals surface area contributed by atoms with Crippen LogP contribution in [0.3, 0.4) is 0 Å². The van der Waals surface area contributed by atoms with E-state index >= 15 is 0 Å². The molecule has 3 atom stereocenters. The first kappa shape index (κ1) is 9.93. The number of hydrogen-bond donors (Lipinski definition) is 2. The molecule has 14 heavy (non-hydrogen) atoms. The summed E-state index contributed by atoms with van der Waals surface area (Å²) in [5.41, 5.74) is 0. The maximum Gasteiger partial charge on any atom is 0.308 e. The lowest BCUT2D eigenvalue weighted by Gasteiger charge is -2.42. The highest BCUT2D eigenvalue weighted by molar-refractivity contribution is 5.72. The van der Waals surface area contributed by atoms with Crippen molar-refractivity contribution in [1.29, 1.82) is 0 Å². The van der Waals surface area contributed by atoms with Gasteiger partial charge in [-0.2, -0.15) is 0 Å². The number of rotatable bonds is 3. The molecule has 0 aromatic carbocycles. The van der Waals surface area contributed by atoms with Gasteiger partial charge in [-0.3, -0.25) is 9.69 Å². The smallest absolute Gasteiger partial charge is 0.308 e. The van der Waals surface area contributed by atoms with E-state index in [1.165, 1.54) is 0 Å². The second kappa shape index (κ2) is 3.87. The highest BCUT2D eigenvalue weighted by Gasteiger charge is 2.43. The highest BCUT2D eigenvalue weighted by Crippen LogP contribution is 2.36. The fraction of sp³-hybridized carbons (Fsp3) is 0.900. The van der Waals surface area contributed by atoms with Gasteiger partial charge in [0, 0.05) is 12.1 Å². The van der Waals surface area contributed by atoms with Gasteiger partial charge in [0.2, 0.25) is 0 Å². The summed E-state index contributed by atoms with van der Waals surface area (Å²) in [6.07, 6.45) is 3.88. The zero-order valence-electron chi connectivity index (χ0n) is 8.22. The number of carbonyl (C=O) groups is 1. The molecule has 0 aromatic heterocycles. The van der Waals surface area contributed by atoms with Crippen molar-refractivity contribution in [3.05, 3.63) is 0 Å². The van der Waals surface area contributed by atoms with E-state index in [2.05, 4.69) is 4.90 Å². The van der Waals surface area contributed by atoms with E-state index in [0.29, 0.717) is 0 Å². The molecule has 0 radical (unpaired) electrons. The predicted octanol–water partition coefficient (Wildman–Crippen LogP) is 0.306. The molecule has 3 unspecified atom stereocenters. The first-order chi connectivity index (χ1) is 6.74. The van der Waals surface area contributed by atoms with Crippen molar-refractivity contribution >= 4 is 5.97 Å². The molecule has 4 heteroatoms. The minimum Gasteiger partial charge on any atom is -0.481 e. The molecule has 0 amide bonds. The van der Waals surface area contributed by atoms with Crippen LogP contribution in [0.1, 0.15) is 25.7 Å². The molecule has 2 fully saturated rings. The van der Waals surface area contributed by atoms with Gasteiger partial charge in [0.05, 0.1) is 12.5 Å². The van der Waals surface area contributed by atoms with E-state index in [1.807, 2.05) is 0 Å². The number of carboxylic acid groups (broad SMARTS) is 1. The number of carboxylic acids is 1. The Bertz CT molecular complexity index is 231. The SMILES string of the molecule is O=C(O)C1CCC1N1CCCC1CO. The van der Waals surface area contributed by atoms with Crippen LogP contribution in [0.4, 0.5) is 0 Å². The van der Waals surface area contributed by atoms with E-state index in [1.54, 1.807) is 0 Å². The lowest BCUT2D eigenvalue weighted by atomic mass is 9.78. The van der Waals surface area contributed by atoms with Crippen molar-refractivity contribution in [2.75, 3.05) is 13.2 Å². The minimum atomic E-state index is -0.676. The summed E-state index contributed by atoms with van der Waals surface area (Å²) >= 11 is 0. The van der Waals surface area contributed by atoms with E-state index in [-0.39, 0.29) is 24.6 Å². The first-order valence-electron chi connectivity index (χ1n) is 5.33. The van der Waals surface area contributed by atoms with E-state index in [4.69, 9.17) is 10.2 Å². The molecule has 1 saturated heterocycles. The largest absolute Gasteiger partial charge is 0.481 e. The fourth-order valence-electron chi connectivity index (χ4n) is 2.66. The molecule has 0 aromatic rings. The van der Waals surface area contributed by atoms with Gasteiger partial charge in [-0.1, -0.05) is 0 Å². The third-order valence-electron chi connectivity index (χ3n) is 3.61. The van der Waals surface area contributed by atoms with Crippen molar-refractivity contribution in [3.63, 3.8) is 0 Å². The Morgan fingerprint density at radius 3 is 2.64 bits per heavy atom. The average molecular weight is 199 g/mol. The third kappa shape index (κ3) is 1.53. The minimum absolute atomic E-state index is 0.169. The Morgan fingerprint density at radius 1 is 1.36 bits per heavy atom. The summed E-state index contributed by atoms with van der Waals surface area (Å²) < 4.78 is 0. The maximum atomic E-state index is 10.9. The third-order valence-corrected chi connectivity index (χ3v) is 3.61. The summed E-state index contributed by atoms with van der Waals surface area (Å²) in [4.78, 5) is 13.1. The molecule has 0 spiro atoms. The Morgan fingerprint density at radius 2 is 2.14 bits per heavy atom. The molecule has 0 bridgehead atoms. The molecular formula is C10H17NO3. The highest BCUT2D eigenvalue weighted by atomic mass is 16.4. The summed E-state index contributed by atoms with van der Waals surface area (Å²) in [5, 5.41) is 18.1. The van der Waals surface area contributed by atoms with Gasteiger partial charge in [0.25, 0.3) is 0 Å². The van der Waals surface area contributed by atoms with Crippen LogP contribution in [0.5, 0.6) is 0 Å². The van der Waals surface area contributed by atoms with Gasteiger partial charge in [-0.15, -0.1) is 0 Å². The number of aliphatic hydroxyl groups is 1. The van der Waals surface area contributed by atoms with Gasteiger partial charge in [0.1, 0.15) is 0 Å². The van der Waals surface area contributed by atoms with Crippen LogP contribution in [-0.4, -0.2) is 46.3 Å². The first-order valence-corrected chi connectivity index (χ1v) is 5.33. The molecule has 4 nitrogen and oxygen atoms in total. The quantitative estimate of drug-likeness (QED) is 0.686. The normalized spacial score (nSPS) is 38.2. The Hall–Kier alpha value is -0.610. The molecule has 2 aliphatic rings. The zero-order chi connectivity index (χ0) is 10.1. The molecule has 1 aliphatic carbocycles. The van der Waals surface area contributed by atoms with E-state index < -0.39 is 5.97 Å². The average Bonchev–Trinajstić information content (AvgIpc) is 2.49. The maximum absolute atomic E-state index is 10.9. The molecule has 80 valence electrons. The molecule has 1 saturated carbocycles. The standard InChI is InChI=1S/C10H17NO3/c12-6-7-2-1-5-11(7)9-4-3-8(9)10(13)14/h7-9,12H,1-6H2,(H,13,14). The fourth-order valence-corrected chi connectivity index (χ4v) is 2.66. The van der Waals surface area contributed by atoms with Crippen LogP contribution in [-0.2, 0) is 4.79 Å². The van der Waals surface area contributed by atoms with Crippen LogP contribution in [0.2, 0.25) is 0 Å². The topological polar surface area (TPSA) is 60.8 Å². The molecule has 2 N–H and O–H groups in total. The van der Waals surface area contributed by atoms with Crippen molar-refractivity contribution in [2.24, 2.45) is 5.92 Å². The number of aliphatic carboxylic acids is 1. The van der Waals surface area contributed by atoms with Crippen LogP contribution in [0, 0.1) is 5.92 Å². The van der Waals surface area contributed by atoms with E-state index in [0.717, 1.165) is 32.2 Å². The van der Waals surface area contributed by atoms with Gasteiger partial charge in [-0.25, -0.2) is 0 Å². The van der Waals surface area contributed by atoms with Gasteiger partial charge in [-0.05, 0) is 32.2 Å². The second-order valence-corrected chi connectivity index (χ2v) is 4.31. The summed E-state index contributed by atoms with van der Waals surface area (Å²) in [5.74, 6) is -0.869. The van der Waals surface area contributed by atoms with Crippen molar-refractivity contribution in [3.8, 4) is 0 Å². The van der Waals surface area contributed by atoms with Gasteiger partial charge < -0.3 is 10.2 Å². The Labute approximate surface area is 83.5 Å². The van der Waals surface area contributed by atoms with Crippen LogP contribution in [0.25, 0.3) is 0 Å². The molecule has 1 aliphatic heterocycles. The van der Waals surface area contributed by atoms with Crippen molar-refractivity contribution in [2.45, 2.75) is 37.8 Å².